The summed E-state index contributed by atoms with van der Waals surface area (Å²) in [7, 11) is 0. The Morgan fingerprint density at radius 1 is 1.26 bits per heavy atom. The van der Waals surface area contributed by atoms with Crippen molar-refractivity contribution in [2.45, 2.75) is 45.6 Å². The van der Waals surface area contributed by atoms with Crippen LogP contribution in [0.1, 0.15) is 48.5 Å². The van der Waals surface area contributed by atoms with Crippen molar-refractivity contribution in [3.8, 4) is 0 Å². The van der Waals surface area contributed by atoms with E-state index in [1.807, 2.05) is 31.2 Å². The summed E-state index contributed by atoms with van der Waals surface area (Å²) in [5.74, 6) is 2.59. The van der Waals surface area contributed by atoms with Gasteiger partial charge >= 0.3 is 0 Å². The molecule has 2 bridgehead atoms. The van der Waals surface area contributed by atoms with E-state index in [9.17, 15) is 4.79 Å². The van der Waals surface area contributed by atoms with Crippen LogP contribution in [0.2, 0.25) is 0 Å². The lowest BCUT2D eigenvalue weighted by Crippen LogP contribution is -2.40. The molecule has 1 N–H and O–H groups in total. The molecule has 0 unspecified atom stereocenters. The van der Waals surface area contributed by atoms with Crippen LogP contribution < -0.4 is 5.32 Å². The average Bonchev–Trinajstić information content (AvgIpc) is 3.01. The Kier molecular flexibility index (Phi) is 3.34. The van der Waals surface area contributed by atoms with Gasteiger partial charge in [-0.3, -0.25) is 4.79 Å². The van der Waals surface area contributed by atoms with E-state index in [4.69, 9.17) is 0 Å². The highest BCUT2D eigenvalue weighted by Crippen LogP contribution is 2.49. The molecule has 102 valence electrons. The fourth-order valence-electron chi connectivity index (χ4n) is 4.13. The van der Waals surface area contributed by atoms with Crippen LogP contribution in [0.3, 0.4) is 0 Å². The van der Waals surface area contributed by atoms with E-state index >= 15 is 0 Å². The lowest BCUT2D eigenvalue weighted by Gasteiger charge is -2.28. The molecule has 2 nitrogen and oxygen atoms in total. The quantitative estimate of drug-likeness (QED) is 0.881. The second kappa shape index (κ2) is 4.99. The van der Waals surface area contributed by atoms with Gasteiger partial charge in [0.15, 0.2) is 0 Å². The summed E-state index contributed by atoms with van der Waals surface area (Å²) in [6, 6.07) is 8.13. The minimum Gasteiger partial charge on any atom is -0.349 e. The van der Waals surface area contributed by atoms with Crippen LogP contribution in [0.4, 0.5) is 0 Å². The predicted octanol–water partition coefficient (Wildman–Crippen LogP) is 3.55. The van der Waals surface area contributed by atoms with Crippen molar-refractivity contribution >= 4 is 5.91 Å². The molecule has 1 amide bonds. The maximum atomic E-state index is 12.3. The second-order valence-corrected chi connectivity index (χ2v) is 6.42. The van der Waals surface area contributed by atoms with E-state index in [1.54, 1.807) is 0 Å². The molecule has 3 rings (SSSR count). The third-order valence-corrected chi connectivity index (χ3v) is 5.18. The Bertz CT molecular complexity index is 482. The highest BCUT2D eigenvalue weighted by molar-refractivity contribution is 5.95. The van der Waals surface area contributed by atoms with Crippen LogP contribution >= 0.6 is 0 Å². The number of amides is 1. The zero-order valence-corrected chi connectivity index (χ0v) is 11.9. The van der Waals surface area contributed by atoms with Crippen molar-refractivity contribution in [1.29, 1.82) is 0 Å². The number of aryl methyl sites for hydroxylation is 1. The number of nitrogens with one attached hydrogen (secondary N) is 1. The van der Waals surface area contributed by atoms with Gasteiger partial charge in [-0.1, -0.05) is 24.6 Å². The van der Waals surface area contributed by atoms with E-state index in [2.05, 4.69) is 12.2 Å². The SMILES string of the molecule is Cc1ccccc1C(=O)N[C@@H](C)[C@@H]1C[C@H]2CC[C@H]1C2. The lowest BCUT2D eigenvalue weighted by molar-refractivity contribution is 0.0914. The predicted molar refractivity (Wildman–Crippen MR) is 77.0 cm³/mol. The van der Waals surface area contributed by atoms with Crippen molar-refractivity contribution in [1.82, 2.24) is 5.32 Å². The standard InChI is InChI=1S/C17H23NO/c1-11-5-3-4-6-15(11)17(19)18-12(2)16-10-13-7-8-14(16)9-13/h3-6,12-14,16H,7-10H2,1-2H3,(H,18,19)/t12-,13-,14-,16-/m0/s1. The summed E-state index contributed by atoms with van der Waals surface area (Å²) in [6.07, 6.45) is 5.51. The van der Waals surface area contributed by atoms with Crippen LogP contribution in [0.5, 0.6) is 0 Å². The summed E-state index contributed by atoms with van der Waals surface area (Å²) < 4.78 is 0. The summed E-state index contributed by atoms with van der Waals surface area (Å²) in [6.45, 7) is 4.18. The van der Waals surface area contributed by atoms with E-state index < -0.39 is 0 Å². The molecule has 2 fully saturated rings. The van der Waals surface area contributed by atoms with Crippen LogP contribution in [0, 0.1) is 24.7 Å². The molecule has 0 spiro atoms. The first-order chi connectivity index (χ1) is 9.15. The number of carbonyl (C=O) groups excluding carboxylic acids is 1. The molecule has 2 aliphatic carbocycles. The smallest absolute Gasteiger partial charge is 0.251 e. The van der Waals surface area contributed by atoms with Gasteiger partial charge in [0.05, 0.1) is 0 Å². The third-order valence-electron chi connectivity index (χ3n) is 5.18. The topological polar surface area (TPSA) is 29.1 Å². The Morgan fingerprint density at radius 2 is 2.05 bits per heavy atom. The monoisotopic (exact) mass is 257 g/mol. The molecule has 4 atom stereocenters. The Morgan fingerprint density at radius 3 is 2.68 bits per heavy atom. The number of rotatable bonds is 3. The van der Waals surface area contributed by atoms with Gasteiger partial charge in [-0.05, 0) is 62.5 Å². The van der Waals surface area contributed by atoms with E-state index in [-0.39, 0.29) is 5.91 Å². The van der Waals surface area contributed by atoms with Crippen molar-refractivity contribution in [3.63, 3.8) is 0 Å². The van der Waals surface area contributed by atoms with Gasteiger partial charge in [0.2, 0.25) is 0 Å². The van der Waals surface area contributed by atoms with E-state index in [0.717, 1.165) is 23.0 Å². The van der Waals surface area contributed by atoms with E-state index in [1.165, 1.54) is 25.7 Å². The first-order valence-electron chi connectivity index (χ1n) is 7.51. The molecule has 2 saturated carbocycles. The number of carbonyl (C=O) groups is 1. The van der Waals surface area contributed by atoms with Crippen LogP contribution in [-0.2, 0) is 0 Å². The van der Waals surface area contributed by atoms with Crippen LogP contribution in [-0.4, -0.2) is 11.9 Å². The average molecular weight is 257 g/mol. The maximum Gasteiger partial charge on any atom is 0.251 e. The van der Waals surface area contributed by atoms with Crippen molar-refractivity contribution in [3.05, 3.63) is 35.4 Å². The molecule has 0 radical (unpaired) electrons. The number of hydrogen-bond donors (Lipinski definition) is 1. The van der Waals surface area contributed by atoms with Crippen LogP contribution in [0.15, 0.2) is 24.3 Å². The molecule has 0 aromatic heterocycles. The molecule has 0 aliphatic heterocycles. The minimum absolute atomic E-state index is 0.0911. The van der Waals surface area contributed by atoms with Crippen LogP contribution in [0.25, 0.3) is 0 Å². The fraction of sp³-hybridized carbons (Fsp3) is 0.588. The highest BCUT2D eigenvalue weighted by atomic mass is 16.1. The van der Waals surface area contributed by atoms with Crippen molar-refractivity contribution in [2.75, 3.05) is 0 Å². The first-order valence-corrected chi connectivity index (χ1v) is 7.51. The molecule has 1 aromatic carbocycles. The van der Waals surface area contributed by atoms with Gasteiger partial charge < -0.3 is 5.32 Å². The zero-order valence-electron chi connectivity index (χ0n) is 11.9. The Balaban J connectivity index is 1.65. The Hall–Kier alpha value is -1.31. The van der Waals surface area contributed by atoms with Gasteiger partial charge in [-0.15, -0.1) is 0 Å². The molecule has 1 aromatic rings. The van der Waals surface area contributed by atoms with Gasteiger partial charge in [0.25, 0.3) is 5.91 Å². The largest absolute Gasteiger partial charge is 0.349 e. The first kappa shape index (κ1) is 12.7. The summed E-state index contributed by atoms with van der Waals surface area (Å²) in [4.78, 5) is 12.3. The molecular weight excluding hydrogens is 234 g/mol. The maximum absolute atomic E-state index is 12.3. The molecule has 2 aliphatic rings. The van der Waals surface area contributed by atoms with Gasteiger partial charge in [-0.2, -0.15) is 0 Å². The number of hydrogen-bond acceptors (Lipinski definition) is 1. The molecule has 0 saturated heterocycles. The zero-order chi connectivity index (χ0) is 13.4. The molecular formula is C17H23NO. The normalized spacial score (nSPS) is 30.3. The Labute approximate surface area is 115 Å². The summed E-state index contributed by atoms with van der Waals surface area (Å²) in [5, 5.41) is 3.22. The number of fused-ring (bicyclic) bond motifs is 2. The van der Waals surface area contributed by atoms with Gasteiger partial charge in [0, 0.05) is 11.6 Å². The lowest BCUT2D eigenvalue weighted by atomic mass is 9.84. The summed E-state index contributed by atoms with van der Waals surface area (Å²) >= 11 is 0. The fourth-order valence-corrected chi connectivity index (χ4v) is 4.13. The van der Waals surface area contributed by atoms with Crippen molar-refractivity contribution < 1.29 is 4.79 Å². The van der Waals surface area contributed by atoms with Gasteiger partial charge in [0.1, 0.15) is 0 Å². The van der Waals surface area contributed by atoms with Gasteiger partial charge in [-0.25, -0.2) is 0 Å². The minimum atomic E-state index is 0.0911. The molecule has 2 heteroatoms. The molecule has 0 heterocycles. The number of benzene rings is 1. The van der Waals surface area contributed by atoms with E-state index in [0.29, 0.717) is 12.0 Å². The second-order valence-electron chi connectivity index (χ2n) is 6.42. The molecule has 19 heavy (non-hydrogen) atoms. The summed E-state index contributed by atoms with van der Waals surface area (Å²) in [5.41, 5.74) is 1.87. The third kappa shape index (κ3) is 2.41. The highest BCUT2D eigenvalue weighted by Gasteiger charge is 2.42. The van der Waals surface area contributed by atoms with Crippen molar-refractivity contribution in [2.24, 2.45) is 17.8 Å².